The monoisotopic (exact) mass is 197 g/mol. The van der Waals surface area contributed by atoms with Crippen molar-refractivity contribution in [1.29, 1.82) is 0 Å². The first-order chi connectivity index (χ1) is 6.27. The SMILES string of the molecule is [N-]=[N+]=N[C@@H](CO)c1cccc(Cl)c1. The van der Waals surface area contributed by atoms with Gasteiger partial charge < -0.3 is 5.11 Å². The van der Waals surface area contributed by atoms with Gasteiger partial charge in [0.1, 0.15) is 0 Å². The van der Waals surface area contributed by atoms with Gasteiger partial charge in [0, 0.05) is 9.93 Å². The predicted molar refractivity (Wildman–Crippen MR) is 50.4 cm³/mol. The highest BCUT2D eigenvalue weighted by atomic mass is 35.5. The number of halogens is 1. The zero-order valence-electron chi connectivity index (χ0n) is 6.76. The molecule has 13 heavy (non-hydrogen) atoms. The van der Waals surface area contributed by atoms with Crippen LogP contribution in [0.15, 0.2) is 29.4 Å². The van der Waals surface area contributed by atoms with Gasteiger partial charge in [-0.25, -0.2) is 0 Å². The molecule has 0 spiro atoms. The van der Waals surface area contributed by atoms with Crippen molar-refractivity contribution in [3.8, 4) is 0 Å². The van der Waals surface area contributed by atoms with Gasteiger partial charge in [0.15, 0.2) is 0 Å². The van der Waals surface area contributed by atoms with E-state index in [0.717, 1.165) is 0 Å². The zero-order chi connectivity index (χ0) is 9.68. The van der Waals surface area contributed by atoms with E-state index in [1.807, 2.05) is 0 Å². The minimum absolute atomic E-state index is 0.218. The van der Waals surface area contributed by atoms with Crippen LogP contribution in [0.1, 0.15) is 11.6 Å². The molecule has 0 aromatic heterocycles. The van der Waals surface area contributed by atoms with E-state index < -0.39 is 6.04 Å². The van der Waals surface area contributed by atoms with Gasteiger partial charge in [0.2, 0.25) is 0 Å². The van der Waals surface area contributed by atoms with E-state index in [2.05, 4.69) is 10.0 Å². The van der Waals surface area contributed by atoms with Crippen LogP contribution in [0, 0.1) is 0 Å². The number of aliphatic hydroxyl groups is 1. The molecule has 1 aromatic rings. The molecule has 0 unspecified atom stereocenters. The molecule has 1 aromatic carbocycles. The molecule has 1 N–H and O–H groups in total. The molecule has 68 valence electrons. The van der Waals surface area contributed by atoms with Crippen molar-refractivity contribution in [2.75, 3.05) is 6.61 Å². The summed E-state index contributed by atoms with van der Waals surface area (Å²) < 4.78 is 0. The lowest BCUT2D eigenvalue weighted by molar-refractivity contribution is 0.268. The number of nitrogens with zero attached hydrogens (tertiary/aromatic N) is 3. The second-order valence-electron chi connectivity index (χ2n) is 2.46. The van der Waals surface area contributed by atoms with Crippen molar-refractivity contribution >= 4 is 11.6 Å². The maximum Gasteiger partial charge on any atom is 0.0856 e. The van der Waals surface area contributed by atoms with Crippen LogP contribution in [0.4, 0.5) is 0 Å². The third-order valence-electron chi connectivity index (χ3n) is 1.60. The summed E-state index contributed by atoms with van der Waals surface area (Å²) in [6, 6.07) is 6.32. The van der Waals surface area contributed by atoms with Crippen LogP contribution in [0.25, 0.3) is 10.4 Å². The van der Waals surface area contributed by atoms with E-state index >= 15 is 0 Å². The third kappa shape index (κ3) is 2.63. The molecule has 5 heteroatoms. The van der Waals surface area contributed by atoms with Gasteiger partial charge in [-0.2, -0.15) is 0 Å². The Morgan fingerprint density at radius 2 is 2.38 bits per heavy atom. The molecule has 0 aliphatic rings. The molecule has 0 saturated heterocycles. The maximum absolute atomic E-state index is 8.89. The Kier molecular flexibility index (Phi) is 3.58. The first kappa shape index (κ1) is 9.86. The topological polar surface area (TPSA) is 69.0 Å². The number of azide groups is 1. The molecule has 0 amide bonds. The van der Waals surface area contributed by atoms with Crippen LogP contribution in [0.3, 0.4) is 0 Å². The van der Waals surface area contributed by atoms with E-state index in [1.54, 1.807) is 24.3 Å². The Morgan fingerprint density at radius 1 is 1.62 bits per heavy atom. The Hall–Kier alpha value is -1.22. The van der Waals surface area contributed by atoms with Gasteiger partial charge in [-0.15, -0.1) is 0 Å². The van der Waals surface area contributed by atoms with Crippen LogP contribution in [0.5, 0.6) is 0 Å². The van der Waals surface area contributed by atoms with Crippen LogP contribution in [-0.4, -0.2) is 11.7 Å². The number of aliphatic hydroxyl groups excluding tert-OH is 1. The quantitative estimate of drug-likeness (QED) is 0.452. The molecule has 0 saturated carbocycles. The van der Waals surface area contributed by atoms with Crippen molar-refractivity contribution in [2.45, 2.75) is 6.04 Å². The summed E-state index contributed by atoms with van der Waals surface area (Å²) >= 11 is 5.73. The molecule has 1 rings (SSSR count). The van der Waals surface area contributed by atoms with Crippen LogP contribution < -0.4 is 0 Å². The van der Waals surface area contributed by atoms with Gasteiger partial charge in [0.05, 0.1) is 12.6 Å². The molecule has 0 aliphatic heterocycles. The molecular weight excluding hydrogens is 190 g/mol. The van der Waals surface area contributed by atoms with Gasteiger partial charge in [-0.05, 0) is 23.2 Å². The molecule has 0 aliphatic carbocycles. The number of rotatable bonds is 3. The predicted octanol–water partition coefficient (Wildman–Crippen LogP) is 2.68. The number of hydrogen-bond donors (Lipinski definition) is 1. The van der Waals surface area contributed by atoms with E-state index in [-0.39, 0.29) is 6.61 Å². The molecule has 4 nitrogen and oxygen atoms in total. The fourth-order valence-corrected chi connectivity index (χ4v) is 1.18. The minimum Gasteiger partial charge on any atom is -0.396 e. The zero-order valence-corrected chi connectivity index (χ0v) is 7.52. The Balaban J connectivity index is 2.97. The first-order valence-electron chi connectivity index (χ1n) is 3.68. The summed E-state index contributed by atoms with van der Waals surface area (Å²) in [4.78, 5) is 2.63. The molecule has 0 bridgehead atoms. The second-order valence-corrected chi connectivity index (χ2v) is 2.89. The van der Waals surface area contributed by atoms with Crippen LogP contribution in [-0.2, 0) is 0 Å². The smallest absolute Gasteiger partial charge is 0.0856 e. The lowest BCUT2D eigenvalue weighted by Gasteiger charge is -2.07. The highest BCUT2D eigenvalue weighted by Crippen LogP contribution is 2.20. The number of benzene rings is 1. The lowest BCUT2D eigenvalue weighted by Crippen LogP contribution is -1.99. The van der Waals surface area contributed by atoms with Gasteiger partial charge in [-0.1, -0.05) is 28.8 Å². The maximum atomic E-state index is 8.89. The Morgan fingerprint density at radius 3 is 2.92 bits per heavy atom. The lowest BCUT2D eigenvalue weighted by atomic mass is 10.1. The standard InChI is InChI=1S/C8H8ClN3O/c9-7-3-1-2-6(4-7)8(5-13)11-12-10/h1-4,8,13H,5H2/t8-/m0/s1. The van der Waals surface area contributed by atoms with Crippen LogP contribution in [0.2, 0.25) is 5.02 Å². The second kappa shape index (κ2) is 4.72. The Bertz CT molecular complexity index is 336. The largest absolute Gasteiger partial charge is 0.396 e. The van der Waals surface area contributed by atoms with Crippen molar-refractivity contribution in [3.05, 3.63) is 45.3 Å². The van der Waals surface area contributed by atoms with Crippen molar-refractivity contribution in [3.63, 3.8) is 0 Å². The molecular formula is C8H8ClN3O. The average Bonchev–Trinajstić information content (AvgIpc) is 2.14. The summed E-state index contributed by atoms with van der Waals surface area (Å²) in [6.45, 7) is -0.218. The van der Waals surface area contributed by atoms with E-state index in [4.69, 9.17) is 22.2 Å². The highest BCUT2D eigenvalue weighted by Gasteiger charge is 2.07. The van der Waals surface area contributed by atoms with Crippen molar-refractivity contribution < 1.29 is 5.11 Å². The molecule has 0 fully saturated rings. The van der Waals surface area contributed by atoms with Crippen molar-refractivity contribution in [1.82, 2.24) is 0 Å². The average molecular weight is 198 g/mol. The molecule has 1 atom stereocenters. The minimum atomic E-state index is -0.552. The van der Waals surface area contributed by atoms with Crippen molar-refractivity contribution in [2.24, 2.45) is 5.11 Å². The molecule has 0 heterocycles. The fourth-order valence-electron chi connectivity index (χ4n) is 0.985. The van der Waals surface area contributed by atoms with Gasteiger partial charge >= 0.3 is 0 Å². The summed E-state index contributed by atoms with van der Waals surface area (Å²) in [5, 5.41) is 12.9. The van der Waals surface area contributed by atoms with Gasteiger partial charge in [-0.3, -0.25) is 0 Å². The number of hydrogen-bond acceptors (Lipinski definition) is 2. The Labute approximate surface area is 80.4 Å². The first-order valence-corrected chi connectivity index (χ1v) is 4.06. The normalized spacial score (nSPS) is 11.8. The summed E-state index contributed by atoms with van der Waals surface area (Å²) in [5.74, 6) is 0. The third-order valence-corrected chi connectivity index (χ3v) is 1.83. The van der Waals surface area contributed by atoms with E-state index in [9.17, 15) is 0 Å². The van der Waals surface area contributed by atoms with Crippen LogP contribution >= 0.6 is 11.6 Å². The molecule has 0 radical (unpaired) electrons. The van der Waals surface area contributed by atoms with E-state index in [0.29, 0.717) is 10.6 Å². The summed E-state index contributed by atoms with van der Waals surface area (Å²) in [6.07, 6.45) is 0. The van der Waals surface area contributed by atoms with E-state index in [1.165, 1.54) is 0 Å². The fraction of sp³-hybridized carbons (Fsp3) is 0.250. The highest BCUT2D eigenvalue weighted by molar-refractivity contribution is 6.30. The summed E-state index contributed by atoms with van der Waals surface area (Å²) in [5.41, 5.74) is 8.93. The van der Waals surface area contributed by atoms with Gasteiger partial charge in [0.25, 0.3) is 0 Å². The summed E-state index contributed by atoms with van der Waals surface area (Å²) in [7, 11) is 0.